The van der Waals surface area contributed by atoms with Gasteiger partial charge in [0.1, 0.15) is 17.2 Å². The molecule has 0 fully saturated rings. The van der Waals surface area contributed by atoms with Crippen molar-refractivity contribution in [2.24, 2.45) is 0 Å². The molecule has 0 saturated heterocycles. The number of nitrogens with one attached hydrogen (secondary N) is 1. The molecule has 26 heavy (non-hydrogen) atoms. The van der Waals surface area contributed by atoms with E-state index in [0.717, 1.165) is 24.3 Å². The first-order valence-electron chi connectivity index (χ1n) is 7.13. The normalized spacial score (nSPS) is 11.9. The maximum Gasteiger partial charge on any atom is 0.405 e. The highest BCUT2D eigenvalue weighted by Gasteiger charge is 2.28. The lowest BCUT2D eigenvalue weighted by molar-refractivity contribution is -0.123. The van der Waals surface area contributed by atoms with Crippen LogP contribution in [-0.4, -0.2) is 27.0 Å². The number of alkyl halides is 3. The predicted octanol–water partition coefficient (Wildman–Crippen LogP) is 3.71. The Morgan fingerprint density at radius 1 is 1.15 bits per heavy atom. The zero-order valence-corrected chi connectivity index (χ0v) is 14.9. The molecule has 0 heterocycles. The van der Waals surface area contributed by atoms with Gasteiger partial charge in [0.25, 0.3) is 5.91 Å². The number of carbonyl (C=O) groups is 1. The lowest BCUT2D eigenvalue weighted by Crippen LogP contribution is -2.33. The summed E-state index contributed by atoms with van der Waals surface area (Å²) < 4.78 is 65.7. The Balaban J connectivity index is 2.13. The fourth-order valence-electron chi connectivity index (χ4n) is 1.90. The summed E-state index contributed by atoms with van der Waals surface area (Å²) in [5.41, 5.74) is 0.506. The molecule has 0 aliphatic rings. The third-order valence-electron chi connectivity index (χ3n) is 3.19. The minimum Gasteiger partial charge on any atom is -0.379 e. The first-order chi connectivity index (χ1) is 12.0. The van der Waals surface area contributed by atoms with E-state index in [1.54, 1.807) is 12.2 Å². The lowest BCUT2D eigenvalue weighted by atomic mass is 10.2. The Morgan fingerprint density at radius 3 is 2.31 bits per heavy atom. The minimum absolute atomic E-state index is 0.0545. The van der Waals surface area contributed by atoms with Crippen LogP contribution in [0.3, 0.4) is 0 Å². The van der Waals surface area contributed by atoms with Crippen LogP contribution in [0.5, 0.6) is 5.75 Å². The van der Waals surface area contributed by atoms with Gasteiger partial charge in [-0.3, -0.25) is 4.79 Å². The Morgan fingerprint density at radius 2 is 1.77 bits per heavy atom. The van der Waals surface area contributed by atoms with Crippen molar-refractivity contribution in [3.63, 3.8) is 0 Å². The van der Waals surface area contributed by atoms with Gasteiger partial charge in [0, 0.05) is 10.6 Å². The van der Waals surface area contributed by atoms with Crippen LogP contribution in [0.4, 0.5) is 13.2 Å². The van der Waals surface area contributed by atoms with Crippen LogP contribution < -0.4 is 9.50 Å². The summed E-state index contributed by atoms with van der Waals surface area (Å²) in [4.78, 5) is 11.4. The maximum absolute atomic E-state index is 12.2. The molecular weight excluding hydrogens is 395 g/mol. The number of hydrogen-bond acceptors (Lipinski definition) is 4. The van der Waals surface area contributed by atoms with Crippen LogP contribution in [0.2, 0.25) is 5.02 Å². The number of rotatable bonds is 5. The summed E-state index contributed by atoms with van der Waals surface area (Å²) in [6.07, 6.45) is -4.54. The first kappa shape index (κ1) is 20.1. The largest absolute Gasteiger partial charge is 0.405 e. The molecule has 0 saturated carbocycles. The molecule has 0 atom stereocenters. The molecule has 2 rings (SSSR count). The number of amides is 1. The van der Waals surface area contributed by atoms with Crippen molar-refractivity contribution in [1.29, 1.82) is 0 Å². The van der Waals surface area contributed by atoms with E-state index in [2.05, 4.69) is 0 Å². The van der Waals surface area contributed by atoms with Crippen molar-refractivity contribution in [2.75, 3.05) is 6.54 Å². The van der Waals surface area contributed by atoms with Gasteiger partial charge < -0.3 is 9.50 Å². The SMILES string of the molecule is Cc1cc(OS(=O)(=O)c2ccc(C(=O)NCC(F)(F)F)cc2)ccc1Cl. The van der Waals surface area contributed by atoms with Gasteiger partial charge in [-0.2, -0.15) is 21.6 Å². The number of benzene rings is 2. The van der Waals surface area contributed by atoms with E-state index in [9.17, 15) is 26.4 Å². The molecule has 0 spiro atoms. The van der Waals surface area contributed by atoms with Crippen LogP contribution in [0.25, 0.3) is 0 Å². The topological polar surface area (TPSA) is 72.5 Å². The van der Waals surface area contributed by atoms with Crippen molar-refractivity contribution in [3.05, 3.63) is 58.6 Å². The molecule has 2 aromatic rings. The van der Waals surface area contributed by atoms with Crippen LogP contribution in [0, 0.1) is 6.92 Å². The molecule has 0 unspecified atom stereocenters. The van der Waals surface area contributed by atoms with Crippen LogP contribution >= 0.6 is 11.6 Å². The molecule has 0 bridgehead atoms. The van der Waals surface area contributed by atoms with Gasteiger partial charge in [-0.05, 0) is 55.0 Å². The van der Waals surface area contributed by atoms with E-state index in [-0.39, 0.29) is 16.2 Å². The number of hydrogen-bond donors (Lipinski definition) is 1. The number of carbonyl (C=O) groups excluding carboxylic acids is 1. The minimum atomic E-state index is -4.54. The van der Waals surface area contributed by atoms with Gasteiger partial charge in [-0.25, -0.2) is 0 Å². The van der Waals surface area contributed by atoms with Gasteiger partial charge in [-0.15, -0.1) is 0 Å². The van der Waals surface area contributed by atoms with Crippen molar-refractivity contribution in [1.82, 2.24) is 5.32 Å². The highest BCUT2D eigenvalue weighted by Crippen LogP contribution is 2.24. The summed E-state index contributed by atoms with van der Waals surface area (Å²) in [7, 11) is -4.18. The van der Waals surface area contributed by atoms with Gasteiger partial charge in [0.05, 0.1) is 0 Å². The van der Waals surface area contributed by atoms with E-state index in [1.807, 2.05) is 0 Å². The van der Waals surface area contributed by atoms with Crippen molar-refractivity contribution in [2.45, 2.75) is 18.0 Å². The molecule has 0 aromatic heterocycles. The first-order valence-corrected chi connectivity index (χ1v) is 8.92. The van der Waals surface area contributed by atoms with Crippen LogP contribution in [0.15, 0.2) is 47.4 Å². The molecule has 1 amide bonds. The maximum atomic E-state index is 12.2. The Bertz CT molecular complexity index is 912. The zero-order chi connectivity index (χ0) is 19.5. The van der Waals surface area contributed by atoms with Crippen LogP contribution in [-0.2, 0) is 10.1 Å². The van der Waals surface area contributed by atoms with Crippen molar-refractivity contribution < 1.29 is 30.6 Å². The van der Waals surface area contributed by atoms with Gasteiger partial charge >= 0.3 is 16.3 Å². The molecule has 1 N–H and O–H groups in total. The molecule has 0 aliphatic carbocycles. The van der Waals surface area contributed by atoms with Crippen molar-refractivity contribution in [3.8, 4) is 5.75 Å². The third-order valence-corrected chi connectivity index (χ3v) is 4.88. The summed E-state index contributed by atoms with van der Waals surface area (Å²) in [6, 6.07) is 8.63. The zero-order valence-electron chi connectivity index (χ0n) is 13.3. The molecule has 0 aliphatic heterocycles. The highest BCUT2D eigenvalue weighted by atomic mass is 35.5. The number of halogens is 4. The van der Waals surface area contributed by atoms with E-state index >= 15 is 0 Å². The van der Waals surface area contributed by atoms with E-state index in [0.29, 0.717) is 10.6 Å². The Hall–Kier alpha value is -2.26. The summed E-state index contributed by atoms with van der Waals surface area (Å²) in [6.45, 7) is 0.196. The molecule has 0 radical (unpaired) electrons. The smallest absolute Gasteiger partial charge is 0.379 e. The molecular formula is C16H13ClF3NO4S. The van der Waals surface area contributed by atoms with Gasteiger partial charge in [0.2, 0.25) is 0 Å². The van der Waals surface area contributed by atoms with Crippen LogP contribution in [0.1, 0.15) is 15.9 Å². The average molecular weight is 408 g/mol. The third kappa shape index (κ3) is 5.37. The van der Waals surface area contributed by atoms with Crippen molar-refractivity contribution >= 4 is 27.6 Å². The second kappa shape index (κ2) is 7.55. The highest BCUT2D eigenvalue weighted by molar-refractivity contribution is 7.87. The average Bonchev–Trinajstić information content (AvgIpc) is 2.55. The Kier molecular flexibility index (Phi) is 5.82. The van der Waals surface area contributed by atoms with Gasteiger partial charge in [0.15, 0.2) is 0 Å². The van der Waals surface area contributed by atoms with E-state index in [4.69, 9.17) is 15.8 Å². The summed E-state index contributed by atoms with van der Waals surface area (Å²) in [5, 5.41) is 2.14. The summed E-state index contributed by atoms with van der Waals surface area (Å²) >= 11 is 5.86. The van der Waals surface area contributed by atoms with E-state index in [1.165, 1.54) is 18.2 Å². The standard InChI is InChI=1S/C16H13ClF3NO4S/c1-10-8-12(4-7-14(10)17)25-26(23,24)13-5-2-11(3-6-13)15(22)21-9-16(18,19)20/h2-8H,9H2,1H3,(H,21,22). The molecule has 10 heteroatoms. The number of aryl methyl sites for hydroxylation is 1. The predicted molar refractivity (Wildman–Crippen MR) is 88.8 cm³/mol. The van der Waals surface area contributed by atoms with Gasteiger partial charge in [-0.1, -0.05) is 11.6 Å². The molecule has 2 aromatic carbocycles. The fraction of sp³-hybridized carbons (Fsp3) is 0.188. The van der Waals surface area contributed by atoms with E-state index < -0.39 is 28.7 Å². The molecule has 5 nitrogen and oxygen atoms in total. The Labute approximate surface area is 152 Å². The second-order valence-corrected chi connectivity index (χ2v) is 7.22. The fourth-order valence-corrected chi connectivity index (χ4v) is 2.94. The molecule has 140 valence electrons. The monoisotopic (exact) mass is 407 g/mol. The lowest BCUT2D eigenvalue weighted by Gasteiger charge is -2.10. The quantitative estimate of drug-likeness (QED) is 0.767. The second-order valence-electron chi connectivity index (χ2n) is 5.27. The summed E-state index contributed by atoms with van der Waals surface area (Å²) in [5.74, 6) is -0.917.